The van der Waals surface area contributed by atoms with Crippen molar-refractivity contribution in [3.63, 3.8) is 0 Å². The summed E-state index contributed by atoms with van der Waals surface area (Å²) in [6.45, 7) is 3.87. The number of likely N-dealkylation sites (tertiary alicyclic amines) is 1. The van der Waals surface area contributed by atoms with Crippen LogP contribution in [0, 0.1) is 6.92 Å². The van der Waals surface area contributed by atoms with Gasteiger partial charge in [-0.1, -0.05) is 6.07 Å². The van der Waals surface area contributed by atoms with Crippen LogP contribution in [0.1, 0.15) is 36.4 Å². The van der Waals surface area contributed by atoms with Gasteiger partial charge in [-0.25, -0.2) is 4.98 Å². The van der Waals surface area contributed by atoms with Gasteiger partial charge in [-0.15, -0.1) is 0 Å². The summed E-state index contributed by atoms with van der Waals surface area (Å²) in [4.78, 5) is 21.5. The number of amides is 1. The third kappa shape index (κ3) is 2.60. The summed E-state index contributed by atoms with van der Waals surface area (Å²) in [6.07, 6.45) is 6.50. The number of rotatable bonds is 2. The molecule has 2 aromatic heterocycles. The Kier molecular flexibility index (Phi) is 3.78. The summed E-state index contributed by atoms with van der Waals surface area (Å²) in [6, 6.07) is 6.16. The van der Waals surface area contributed by atoms with Gasteiger partial charge < -0.3 is 9.80 Å². The van der Waals surface area contributed by atoms with Crippen molar-refractivity contribution in [3.05, 3.63) is 41.9 Å². The second kappa shape index (κ2) is 5.86. The number of hydrogen-bond donors (Lipinski definition) is 0. The molecule has 0 aromatic carbocycles. The van der Waals surface area contributed by atoms with Gasteiger partial charge >= 0.3 is 0 Å². The normalized spacial score (nSPS) is 22.8. The Hall–Kier alpha value is -2.37. The van der Waals surface area contributed by atoms with Crippen molar-refractivity contribution in [1.29, 1.82) is 0 Å². The van der Waals surface area contributed by atoms with Crippen molar-refractivity contribution in [2.24, 2.45) is 7.05 Å². The van der Waals surface area contributed by atoms with Gasteiger partial charge in [0, 0.05) is 51.4 Å². The molecule has 132 valence electrons. The minimum atomic E-state index is -0.0968. The molecule has 2 fully saturated rings. The van der Waals surface area contributed by atoms with Crippen molar-refractivity contribution in [2.45, 2.75) is 37.6 Å². The molecule has 4 heterocycles. The molecule has 1 unspecified atom stereocenters. The van der Waals surface area contributed by atoms with E-state index < -0.39 is 0 Å². The molecule has 0 aliphatic carbocycles. The fourth-order valence-corrected chi connectivity index (χ4v) is 4.54. The maximum absolute atomic E-state index is 12.5. The van der Waals surface area contributed by atoms with Crippen LogP contribution in [0.5, 0.6) is 0 Å². The fourth-order valence-electron chi connectivity index (χ4n) is 4.54. The Morgan fingerprint density at radius 3 is 2.60 bits per heavy atom. The molecule has 0 saturated carbocycles. The highest BCUT2D eigenvalue weighted by atomic mass is 16.2. The fraction of sp³-hybridized carbons (Fsp3) is 0.526. The minimum absolute atomic E-state index is 0.0968. The van der Waals surface area contributed by atoms with Gasteiger partial charge in [-0.05, 0) is 37.5 Å². The topological polar surface area (TPSA) is 54.3 Å². The smallest absolute Gasteiger partial charge is 0.223 e. The summed E-state index contributed by atoms with van der Waals surface area (Å²) in [7, 11) is 3.90. The molecule has 0 radical (unpaired) electrons. The van der Waals surface area contributed by atoms with Crippen LogP contribution in [0.25, 0.3) is 0 Å². The van der Waals surface area contributed by atoms with E-state index in [1.165, 1.54) is 5.56 Å². The lowest BCUT2D eigenvalue weighted by Crippen LogP contribution is -2.54. The Bertz CT molecular complexity index is 791. The van der Waals surface area contributed by atoms with Crippen LogP contribution >= 0.6 is 0 Å². The molecule has 1 atom stereocenters. The van der Waals surface area contributed by atoms with E-state index in [0.29, 0.717) is 6.42 Å². The van der Waals surface area contributed by atoms with Gasteiger partial charge in [0.05, 0.1) is 11.7 Å². The molecule has 6 heteroatoms. The molecular formula is C19H25N5O. The van der Waals surface area contributed by atoms with Gasteiger partial charge in [0.15, 0.2) is 0 Å². The number of carbonyl (C=O) groups excluding carboxylic acids is 1. The van der Waals surface area contributed by atoms with Crippen LogP contribution < -0.4 is 4.90 Å². The van der Waals surface area contributed by atoms with Crippen LogP contribution in [-0.2, 0) is 11.8 Å². The van der Waals surface area contributed by atoms with E-state index in [2.05, 4.69) is 33.3 Å². The zero-order chi connectivity index (χ0) is 17.6. The summed E-state index contributed by atoms with van der Waals surface area (Å²) in [5.74, 6) is 1.52. The standard InChI is InChI=1S/C19H25N5O/c1-14-5-4-6-17(21-14)24-9-7-19(8-10-24)16(11-18(25)23(19)3)15-12-20-22(2)13-15/h4-6,12-13,16H,7-11H2,1-3H3. The van der Waals surface area contributed by atoms with Gasteiger partial charge in [0.1, 0.15) is 5.82 Å². The molecule has 2 aliphatic heterocycles. The number of aromatic nitrogens is 3. The first-order valence-electron chi connectivity index (χ1n) is 8.93. The first-order chi connectivity index (χ1) is 12.0. The highest BCUT2D eigenvalue weighted by molar-refractivity contribution is 5.81. The Labute approximate surface area is 148 Å². The number of aryl methyl sites for hydroxylation is 2. The maximum atomic E-state index is 12.5. The number of carbonyl (C=O) groups is 1. The highest BCUT2D eigenvalue weighted by Crippen LogP contribution is 2.48. The molecule has 1 amide bonds. The third-order valence-electron chi connectivity index (χ3n) is 6.02. The first kappa shape index (κ1) is 16.1. The van der Waals surface area contributed by atoms with Gasteiger partial charge in [0.2, 0.25) is 5.91 Å². The Balaban J connectivity index is 1.59. The third-order valence-corrected chi connectivity index (χ3v) is 6.02. The predicted molar refractivity (Wildman–Crippen MR) is 96.5 cm³/mol. The molecule has 25 heavy (non-hydrogen) atoms. The van der Waals surface area contributed by atoms with Crippen LogP contribution in [0.3, 0.4) is 0 Å². The Morgan fingerprint density at radius 2 is 1.96 bits per heavy atom. The lowest BCUT2D eigenvalue weighted by atomic mass is 9.74. The number of hydrogen-bond acceptors (Lipinski definition) is 4. The molecule has 6 nitrogen and oxygen atoms in total. The second-order valence-electron chi connectivity index (χ2n) is 7.38. The van der Waals surface area contributed by atoms with E-state index in [-0.39, 0.29) is 17.4 Å². The van der Waals surface area contributed by atoms with Crippen molar-refractivity contribution in [2.75, 3.05) is 25.0 Å². The molecule has 0 bridgehead atoms. The lowest BCUT2D eigenvalue weighted by Gasteiger charge is -2.46. The summed E-state index contributed by atoms with van der Waals surface area (Å²) in [5, 5.41) is 4.33. The number of piperidine rings is 1. The highest BCUT2D eigenvalue weighted by Gasteiger charge is 2.53. The average molecular weight is 339 g/mol. The van der Waals surface area contributed by atoms with E-state index in [9.17, 15) is 4.79 Å². The first-order valence-corrected chi connectivity index (χ1v) is 8.93. The van der Waals surface area contributed by atoms with Crippen LogP contribution in [0.15, 0.2) is 30.6 Å². The van der Waals surface area contributed by atoms with Crippen LogP contribution in [-0.4, -0.2) is 51.2 Å². The molecule has 0 N–H and O–H groups in total. The van der Waals surface area contributed by atoms with E-state index in [4.69, 9.17) is 0 Å². The van der Waals surface area contributed by atoms with E-state index in [0.717, 1.165) is 37.4 Å². The van der Waals surface area contributed by atoms with Crippen molar-refractivity contribution >= 4 is 11.7 Å². The second-order valence-corrected chi connectivity index (χ2v) is 7.38. The van der Waals surface area contributed by atoms with E-state index >= 15 is 0 Å². The van der Waals surface area contributed by atoms with E-state index in [1.54, 1.807) is 0 Å². The molecule has 2 saturated heterocycles. The SMILES string of the molecule is Cc1cccc(N2CCC3(CC2)C(c2cnn(C)c2)CC(=O)N3C)n1. The summed E-state index contributed by atoms with van der Waals surface area (Å²) >= 11 is 0. The maximum Gasteiger partial charge on any atom is 0.223 e. The number of anilines is 1. The molecule has 2 aliphatic rings. The molecular weight excluding hydrogens is 314 g/mol. The number of nitrogens with zero attached hydrogens (tertiary/aromatic N) is 5. The van der Waals surface area contributed by atoms with Gasteiger partial charge in [-0.2, -0.15) is 5.10 Å². The van der Waals surface area contributed by atoms with Crippen LogP contribution in [0.4, 0.5) is 5.82 Å². The zero-order valence-corrected chi connectivity index (χ0v) is 15.1. The van der Waals surface area contributed by atoms with Crippen LogP contribution in [0.2, 0.25) is 0 Å². The predicted octanol–water partition coefficient (Wildman–Crippen LogP) is 2.11. The number of likely N-dealkylation sites (N-methyl/N-ethyl adjacent to an activating group) is 1. The van der Waals surface area contributed by atoms with Crippen molar-refractivity contribution in [3.8, 4) is 0 Å². The molecule has 4 rings (SSSR count). The average Bonchev–Trinajstić information content (AvgIpc) is 3.13. The van der Waals surface area contributed by atoms with E-state index in [1.807, 2.05) is 42.9 Å². The molecule has 1 spiro atoms. The van der Waals surface area contributed by atoms with Gasteiger partial charge in [-0.3, -0.25) is 9.48 Å². The largest absolute Gasteiger partial charge is 0.356 e. The summed E-state index contributed by atoms with van der Waals surface area (Å²) in [5.41, 5.74) is 2.13. The number of pyridine rings is 1. The quantitative estimate of drug-likeness (QED) is 0.841. The molecule has 2 aromatic rings. The van der Waals surface area contributed by atoms with Gasteiger partial charge in [0.25, 0.3) is 0 Å². The lowest BCUT2D eigenvalue weighted by molar-refractivity contribution is -0.130. The Morgan fingerprint density at radius 1 is 1.20 bits per heavy atom. The van der Waals surface area contributed by atoms with Crippen molar-refractivity contribution < 1.29 is 4.79 Å². The zero-order valence-electron chi connectivity index (χ0n) is 15.1. The monoisotopic (exact) mass is 339 g/mol. The minimum Gasteiger partial charge on any atom is -0.356 e. The summed E-state index contributed by atoms with van der Waals surface area (Å²) < 4.78 is 1.83. The van der Waals surface area contributed by atoms with Crippen molar-refractivity contribution in [1.82, 2.24) is 19.7 Å².